The van der Waals surface area contributed by atoms with E-state index in [-0.39, 0.29) is 18.0 Å². The second-order valence-electron chi connectivity index (χ2n) is 5.38. The molecule has 1 aliphatic rings. The van der Waals surface area contributed by atoms with Crippen molar-refractivity contribution >= 4 is 0 Å². The van der Waals surface area contributed by atoms with Gasteiger partial charge in [0.1, 0.15) is 17.7 Å². The molecule has 5 heteroatoms. The Morgan fingerprint density at radius 2 is 2.33 bits per heavy atom. The van der Waals surface area contributed by atoms with Crippen LogP contribution in [0.4, 0.5) is 4.39 Å². The average Bonchev–Trinajstić information content (AvgIpc) is 2.95. The van der Waals surface area contributed by atoms with Crippen LogP contribution in [0.15, 0.2) is 30.7 Å². The Kier molecular flexibility index (Phi) is 3.92. The predicted octanol–water partition coefficient (Wildman–Crippen LogP) is 3.22. The molecule has 0 aliphatic carbocycles. The first-order valence-electron chi connectivity index (χ1n) is 7.36. The van der Waals surface area contributed by atoms with E-state index < -0.39 is 0 Å². The van der Waals surface area contributed by atoms with E-state index in [4.69, 9.17) is 4.74 Å². The standard InChI is InChI=1S/C16H20FN3O/c1-3-6-20-10-19-9-14(20)16-8-13(18-2)12-7-11(17)4-5-15(12)21-16/h4-5,7,9-10,13,16,18H,3,6,8H2,1-2H3. The summed E-state index contributed by atoms with van der Waals surface area (Å²) in [5.41, 5.74) is 1.96. The number of rotatable bonds is 4. The zero-order valence-electron chi connectivity index (χ0n) is 12.3. The molecular formula is C16H20FN3O. The number of aryl methyl sites for hydroxylation is 1. The molecule has 0 spiro atoms. The summed E-state index contributed by atoms with van der Waals surface area (Å²) in [4.78, 5) is 4.24. The number of nitrogens with one attached hydrogen (secondary N) is 1. The van der Waals surface area contributed by atoms with Gasteiger partial charge in [0.2, 0.25) is 0 Å². The van der Waals surface area contributed by atoms with E-state index in [9.17, 15) is 4.39 Å². The third-order valence-corrected chi connectivity index (χ3v) is 3.95. The highest BCUT2D eigenvalue weighted by Gasteiger charge is 2.30. The van der Waals surface area contributed by atoms with E-state index in [2.05, 4.69) is 21.8 Å². The number of hydrogen-bond donors (Lipinski definition) is 1. The Morgan fingerprint density at radius 1 is 1.48 bits per heavy atom. The number of hydrogen-bond acceptors (Lipinski definition) is 3. The summed E-state index contributed by atoms with van der Waals surface area (Å²) in [7, 11) is 1.89. The second-order valence-corrected chi connectivity index (χ2v) is 5.38. The number of nitrogens with zero attached hydrogens (tertiary/aromatic N) is 2. The second kappa shape index (κ2) is 5.85. The Balaban J connectivity index is 1.93. The highest BCUT2D eigenvalue weighted by molar-refractivity contribution is 5.39. The molecule has 1 aliphatic heterocycles. The highest BCUT2D eigenvalue weighted by Crippen LogP contribution is 2.40. The molecule has 1 aromatic heterocycles. The zero-order chi connectivity index (χ0) is 14.8. The normalized spacial score (nSPS) is 20.9. The van der Waals surface area contributed by atoms with Crippen molar-refractivity contribution in [2.75, 3.05) is 7.05 Å². The van der Waals surface area contributed by atoms with Gasteiger partial charge in [0.15, 0.2) is 0 Å². The Morgan fingerprint density at radius 3 is 3.10 bits per heavy atom. The number of aromatic nitrogens is 2. The smallest absolute Gasteiger partial charge is 0.142 e. The third-order valence-electron chi connectivity index (χ3n) is 3.95. The maximum absolute atomic E-state index is 13.4. The van der Waals surface area contributed by atoms with Crippen LogP contribution < -0.4 is 10.1 Å². The Labute approximate surface area is 124 Å². The van der Waals surface area contributed by atoms with Gasteiger partial charge in [-0.05, 0) is 31.7 Å². The van der Waals surface area contributed by atoms with Crippen molar-refractivity contribution in [2.45, 2.75) is 38.5 Å². The lowest BCUT2D eigenvalue weighted by molar-refractivity contribution is 0.145. The lowest BCUT2D eigenvalue weighted by atomic mass is 9.95. The molecule has 2 atom stereocenters. The van der Waals surface area contributed by atoms with Crippen LogP contribution in [0.2, 0.25) is 0 Å². The van der Waals surface area contributed by atoms with Crippen LogP contribution >= 0.6 is 0 Å². The lowest BCUT2D eigenvalue weighted by Crippen LogP contribution is -2.28. The van der Waals surface area contributed by atoms with Gasteiger partial charge in [-0.15, -0.1) is 0 Å². The number of ether oxygens (including phenoxy) is 1. The van der Waals surface area contributed by atoms with Crippen molar-refractivity contribution in [3.05, 3.63) is 47.8 Å². The summed E-state index contributed by atoms with van der Waals surface area (Å²) in [5.74, 6) is 0.517. The quantitative estimate of drug-likeness (QED) is 0.939. The summed E-state index contributed by atoms with van der Waals surface area (Å²) in [5, 5.41) is 3.25. The fraction of sp³-hybridized carbons (Fsp3) is 0.438. The SMILES string of the molecule is CCCn1cncc1C1CC(NC)c2cc(F)ccc2O1. The Hall–Kier alpha value is -1.88. The van der Waals surface area contributed by atoms with Crippen molar-refractivity contribution < 1.29 is 9.13 Å². The molecule has 2 aromatic rings. The molecule has 0 saturated heterocycles. The fourth-order valence-electron chi connectivity index (χ4n) is 2.92. The van der Waals surface area contributed by atoms with Crippen molar-refractivity contribution in [3.63, 3.8) is 0 Å². The molecule has 4 nitrogen and oxygen atoms in total. The van der Waals surface area contributed by atoms with Crippen molar-refractivity contribution in [1.82, 2.24) is 14.9 Å². The minimum Gasteiger partial charge on any atom is -0.484 e. The van der Waals surface area contributed by atoms with Crippen LogP contribution in [0.1, 0.15) is 43.2 Å². The molecule has 0 fully saturated rings. The number of halogens is 1. The lowest BCUT2D eigenvalue weighted by Gasteiger charge is -2.32. The van der Waals surface area contributed by atoms with E-state index in [1.54, 1.807) is 12.1 Å². The van der Waals surface area contributed by atoms with Gasteiger partial charge in [-0.1, -0.05) is 6.92 Å². The first-order chi connectivity index (χ1) is 10.2. The number of benzene rings is 1. The van der Waals surface area contributed by atoms with Gasteiger partial charge >= 0.3 is 0 Å². The highest BCUT2D eigenvalue weighted by atomic mass is 19.1. The maximum atomic E-state index is 13.4. The molecule has 0 amide bonds. The molecule has 112 valence electrons. The van der Waals surface area contributed by atoms with Crippen LogP contribution in [0.25, 0.3) is 0 Å². The van der Waals surface area contributed by atoms with Crippen LogP contribution in [0.5, 0.6) is 5.75 Å². The van der Waals surface area contributed by atoms with Gasteiger partial charge in [-0.3, -0.25) is 0 Å². The molecule has 3 rings (SSSR count). The van der Waals surface area contributed by atoms with Crippen LogP contribution in [-0.4, -0.2) is 16.6 Å². The molecule has 2 heterocycles. The van der Waals surface area contributed by atoms with Gasteiger partial charge < -0.3 is 14.6 Å². The first-order valence-corrected chi connectivity index (χ1v) is 7.36. The Bertz CT molecular complexity index is 626. The largest absolute Gasteiger partial charge is 0.484 e. The number of imidazole rings is 1. The summed E-state index contributed by atoms with van der Waals surface area (Å²) >= 11 is 0. The summed E-state index contributed by atoms with van der Waals surface area (Å²) in [6, 6.07) is 4.79. The van der Waals surface area contributed by atoms with Gasteiger partial charge in [0, 0.05) is 24.6 Å². The first kappa shape index (κ1) is 14.1. The van der Waals surface area contributed by atoms with E-state index >= 15 is 0 Å². The van der Waals surface area contributed by atoms with Gasteiger partial charge in [0.05, 0.1) is 18.2 Å². The maximum Gasteiger partial charge on any atom is 0.142 e. The average molecular weight is 289 g/mol. The summed E-state index contributed by atoms with van der Waals surface area (Å²) in [6.45, 7) is 3.07. The molecule has 0 bridgehead atoms. The fourth-order valence-corrected chi connectivity index (χ4v) is 2.92. The van der Waals surface area contributed by atoms with Crippen LogP contribution in [-0.2, 0) is 6.54 Å². The predicted molar refractivity (Wildman–Crippen MR) is 78.7 cm³/mol. The topological polar surface area (TPSA) is 39.1 Å². The zero-order valence-corrected chi connectivity index (χ0v) is 12.3. The molecule has 2 unspecified atom stereocenters. The van der Waals surface area contributed by atoms with Crippen LogP contribution in [0, 0.1) is 5.82 Å². The monoisotopic (exact) mass is 289 g/mol. The van der Waals surface area contributed by atoms with Gasteiger partial charge in [0.25, 0.3) is 0 Å². The molecule has 1 aromatic carbocycles. The minimum atomic E-state index is -0.230. The van der Waals surface area contributed by atoms with Crippen molar-refractivity contribution in [2.24, 2.45) is 0 Å². The van der Waals surface area contributed by atoms with E-state index in [0.29, 0.717) is 0 Å². The van der Waals surface area contributed by atoms with E-state index in [0.717, 1.165) is 36.4 Å². The molecule has 21 heavy (non-hydrogen) atoms. The van der Waals surface area contributed by atoms with Gasteiger partial charge in [-0.25, -0.2) is 9.37 Å². The van der Waals surface area contributed by atoms with Crippen molar-refractivity contribution in [1.29, 1.82) is 0 Å². The van der Waals surface area contributed by atoms with E-state index in [1.165, 1.54) is 6.07 Å². The summed E-state index contributed by atoms with van der Waals surface area (Å²) in [6.07, 6.45) is 5.46. The van der Waals surface area contributed by atoms with Crippen molar-refractivity contribution in [3.8, 4) is 5.75 Å². The molecule has 0 radical (unpaired) electrons. The summed E-state index contributed by atoms with van der Waals surface area (Å²) < 4.78 is 21.7. The van der Waals surface area contributed by atoms with E-state index in [1.807, 2.05) is 19.6 Å². The molecular weight excluding hydrogens is 269 g/mol. The number of fused-ring (bicyclic) bond motifs is 1. The van der Waals surface area contributed by atoms with Crippen LogP contribution in [0.3, 0.4) is 0 Å². The third kappa shape index (κ3) is 2.65. The molecule has 0 saturated carbocycles. The molecule has 1 N–H and O–H groups in total. The minimum absolute atomic E-state index is 0.0607. The van der Waals surface area contributed by atoms with Gasteiger partial charge in [-0.2, -0.15) is 0 Å².